The molecule has 94 valence electrons. The number of nitrogens with zero attached hydrogens (tertiary/aromatic N) is 3. The maximum Gasteiger partial charge on any atom is 0.153 e. The lowest BCUT2D eigenvalue weighted by atomic mass is 9.85. The number of aromatic nitrogens is 3. The van der Waals surface area contributed by atoms with E-state index in [-0.39, 0.29) is 0 Å². The molecule has 0 saturated carbocycles. The molecule has 0 amide bonds. The van der Waals surface area contributed by atoms with E-state index < -0.39 is 0 Å². The smallest absolute Gasteiger partial charge is 0.153 e. The number of rotatable bonds is 2. The van der Waals surface area contributed by atoms with Gasteiger partial charge in [0.05, 0.1) is 5.69 Å². The van der Waals surface area contributed by atoms with Crippen LogP contribution in [0.3, 0.4) is 0 Å². The first-order valence-electron chi connectivity index (χ1n) is 6.51. The van der Waals surface area contributed by atoms with Gasteiger partial charge in [-0.1, -0.05) is 6.07 Å². The molecule has 2 aromatic rings. The number of pyridine rings is 1. The number of aryl methyl sites for hydroxylation is 1. The summed E-state index contributed by atoms with van der Waals surface area (Å²) in [4.78, 5) is 4.39. The fourth-order valence-corrected chi connectivity index (χ4v) is 2.92. The molecule has 4 nitrogen and oxygen atoms in total. The number of hydrogen-bond acceptors (Lipinski definition) is 3. The van der Waals surface area contributed by atoms with Crippen LogP contribution in [0.5, 0.6) is 0 Å². The molecule has 0 spiro atoms. The van der Waals surface area contributed by atoms with Gasteiger partial charge < -0.3 is 5.73 Å². The molecule has 1 atom stereocenters. The minimum absolute atomic E-state index is 0.464. The SMILES string of the molecule is Cc1nn(-c2ccccn2)c2c1C(CN)CCC2. The molecule has 18 heavy (non-hydrogen) atoms. The maximum atomic E-state index is 5.88. The van der Waals surface area contributed by atoms with Gasteiger partial charge in [-0.3, -0.25) is 0 Å². The molecule has 0 radical (unpaired) electrons. The summed E-state index contributed by atoms with van der Waals surface area (Å²) < 4.78 is 1.99. The van der Waals surface area contributed by atoms with Crippen LogP contribution in [0, 0.1) is 6.92 Å². The second-order valence-corrected chi connectivity index (χ2v) is 4.87. The van der Waals surface area contributed by atoms with Crippen molar-refractivity contribution in [2.24, 2.45) is 5.73 Å². The van der Waals surface area contributed by atoms with E-state index in [0.717, 1.165) is 17.9 Å². The van der Waals surface area contributed by atoms with Crippen molar-refractivity contribution in [2.75, 3.05) is 6.54 Å². The van der Waals surface area contributed by atoms with Crippen molar-refractivity contribution in [1.82, 2.24) is 14.8 Å². The third-order valence-corrected chi connectivity index (χ3v) is 3.73. The van der Waals surface area contributed by atoms with Crippen LogP contribution in [0.15, 0.2) is 24.4 Å². The Morgan fingerprint density at radius 1 is 1.44 bits per heavy atom. The highest BCUT2D eigenvalue weighted by Gasteiger charge is 2.26. The Bertz CT molecular complexity index is 544. The highest BCUT2D eigenvalue weighted by molar-refractivity contribution is 5.37. The fourth-order valence-electron chi connectivity index (χ4n) is 2.92. The zero-order chi connectivity index (χ0) is 12.5. The topological polar surface area (TPSA) is 56.7 Å². The summed E-state index contributed by atoms with van der Waals surface area (Å²) in [5.41, 5.74) is 9.64. The largest absolute Gasteiger partial charge is 0.330 e. The van der Waals surface area contributed by atoms with E-state index in [2.05, 4.69) is 17.0 Å². The lowest BCUT2D eigenvalue weighted by Crippen LogP contribution is -2.19. The predicted octanol–water partition coefficient (Wildman–Crippen LogP) is 1.95. The average molecular weight is 242 g/mol. The first kappa shape index (κ1) is 11.4. The van der Waals surface area contributed by atoms with Gasteiger partial charge in [0, 0.05) is 17.5 Å². The van der Waals surface area contributed by atoms with Crippen LogP contribution in [0.25, 0.3) is 5.82 Å². The van der Waals surface area contributed by atoms with Gasteiger partial charge in [-0.15, -0.1) is 0 Å². The van der Waals surface area contributed by atoms with Gasteiger partial charge in [-0.2, -0.15) is 5.10 Å². The van der Waals surface area contributed by atoms with E-state index in [1.165, 1.54) is 24.1 Å². The summed E-state index contributed by atoms with van der Waals surface area (Å²) in [7, 11) is 0. The summed E-state index contributed by atoms with van der Waals surface area (Å²) in [6.07, 6.45) is 5.25. The average Bonchev–Trinajstić information content (AvgIpc) is 2.77. The molecule has 0 fully saturated rings. The van der Waals surface area contributed by atoms with Crippen molar-refractivity contribution in [2.45, 2.75) is 32.1 Å². The van der Waals surface area contributed by atoms with Gasteiger partial charge in [-0.25, -0.2) is 9.67 Å². The van der Waals surface area contributed by atoms with Gasteiger partial charge in [0.25, 0.3) is 0 Å². The number of hydrogen-bond donors (Lipinski definition) is 1. The van der Waals surface area contributed by atoms with Crippen LogP contribution in [-0.4, -0.2) is 21.3 Å². The molecule has 0 aliphatic heterocycles. The molecule has 2 aromatic heterocycles. The Kier molecular flexibility index (Phi) is 2.88. The minimum Gasteiger partial charge on any atom is -0.330 e. The molecule has 1 aliphatic carbocycles. The summed E-state index contributed by atoms with van der Waals surface area (Å²) >= 11 is 0. The molecule has 4 heteroatoms. The Labute approximate surface area is 107 Å². The summed E-state index contributed by atoms with van der Waals surface area (Å²) in [5.74, 6) is 1.37. The third kappa shape index (κ3) is 1.73. The molecular formula is C14H18N4. The molecule has 0 bridgehead atoms. The standard InChI is InChI=1S/C14H18N4/c1-10-14-11(9-15)5-4-6-12(14)18(17-10)13-7-2-3-8-16-13/h2-3,7-8,11H,4-6,9,15H2,1H3. The molecule has 3 rings (SSSR count). The lowest BCUT2D eigenvalue weighted by Gasteiger charge is -2.22. The monoisotopic (exact) mass is 242 g/mol. The Hall–Kier alpha value is -1.68. The molecule has 1 unspecified atom stereocenters. The Balaban J connectivity index is 2.13. The van der Waals surface area contributed by atoms with Crippen LogP contribution in [0.2, 0.25) is 0 Å². The van der Waals surface area contributed by atoms with Crippen molar-refractivity contribution >= 4 is 0 Å². The zero-order valence-corrected chi connectivity index (χ0v) is 10.6. The Morgan fingerprint density at radius 3 is 3.06 bits per heavy atom. The summed E-state index contributed by atoms with van der Waals surface area (Å²) in [6, 6.07) is 5.92. The van der Waals surface area contributed by atoms with Gasteiger partial charge in [-0.05, 0) is 50.8 Å². The molecular weight excluding hydrogens is 224 g/mol. The summed E-state index contributed by atoms with van der Waals surface area (Å²) in [6.45, 7) is 2.79. The van der Waals surface area contributed by atoms with Crippen molar-refractivity contribution in [3.63, 3.8) is 0 Å². The van der Waals surface area contributed by atoms with E-state index in [9.17, 15) is 0 Å². The first-order valence-corrected chi connectivity index (χ1v) is 6.51. The van der Waals surface area contributed by atoms with Crippen molar-refractivity contribution < 1.29 is 0 Å². The van der Waals surface area contributed by atoms with Crippen LogP contribution in [-0.2, 0) is 6.42 Å². The van der Waals surface area contributed by atoms with E-state index in [4.69, 9.17) is 5.73 Å². The minimum atomic E-state index is 0.464. The van der Waals surface area contributed by atoms with E-state index in [1.54, 1.807) is 0 Å². The highest BCUT2D eigenvalue weighted by atomic mass is 15.3. The normalized spacial score (nSPS) is 18.7. The second kappa shape index (κ2) is 4.53. The second-order valence-electron chi connectivity index (χ2n) is 4.87. The Morgan fingerprint density at radius 2 is 2.33 bits per heavy atom. The number of nitrogens with two attached hydrogens (primary N) is 1. The van der Waals surface area contributed by atoms with Crippen LogP contribution >= 0.6 is 0 Å². The summed E-state index contributed by atoms with van der Waals surface area (Å²) in [5, 5.41) is 4.66. The predicted molar refractivity (Wildman–Crippen MR) is 70.8 cm³/mol. The van der Waals surface area contributed by atoms with E-state index in [0.29, 0.717) is 12.5 Å². The highest BCUT2D eigenvalue weighted by Crippen LogP contribution is 2.34. The van der Waals surface area contributed by atoms with Crippen molar-refractivity contribution in [3.8, 4) is 5.82 Å². The molecule has 2 heterocycles. The van der Waals surface area contributed by atoms with E-state index >= 15 is 0 Å². The van der Waals surface area contributed by atoms with Crippen molar-refractivity contribution in [3.05, 3.63) is 41.3 Å². The molecule has 0 aromatic carbocycles. The van der Waals surface area contributed by atoms with Crippen LogP contribution in [0.4, 0.5) is 0 Å². The van der Waals surface area contributed by atoms with Crippen LogP contribution < -0.4 is 5.73 Å². The van der Waals surface area contributed by atoms with Crippen LogP contribution in [0.1, 0.15) is 35.7 Å². The van der Waals surface area contributed by atoms with E-state index in [1.807, 2.05) is 29.1 Å². The lowest BCUT2D eigenvalue weighted by molar-refractivity contribution is 0.547. The third-order valence-electron chi connectivity index (χ3n) is 3.73. The van der Waals surface area contributed by atoms with Gasteiger partial charge in [0.1, 0.15) is 0 Å². The maximum absolute atomic E-state index is 5.88. The molecule has 2 N–H and O–H groups in total. The quantitative estimate of drug-likeness (QED) is 0.875. The zero-order valence-electron chi connectivity index (χ0n) is 10.6. The molecule has 1 aliphatic rings. The first-order chi connectivity index (χ1) is 8.81. The van der Waals surface area contributed by atoms with Gasteiger partial charge in [0.15, 0.2) is 5.82 Å². The van der Waals surface area contributed by atoms with Crippen molar-refractivity contribution in [1.29, 1.82) is 0 Å². The molecule has 0 saturated heterocycles. The number of fused-ring (bicyclic) bond motifs is 1. The fraction of sp³-hybridized carbons (Fsp3) is 0.429. The van der Waals surface area contributed by atoms with Gasteiger partial charge >= 0.3 is 0 Å². The van der Waals surface area contributed by atoms with Gasteiger partial charge in [0.2, 0.25) is 0 Å².